The highest BCUT2D eigenvalue weighted by molar-refractivity contribution is 7.99. The van der Waals surface area contributed by atoms with E-state index in [9.17, 15) is 4.79 Å². The minimum atomic E-state index is 0.0454. The van der Waals surface area contributed by atoms with Gasteiger partial charge < -0.3 is 10.2 Å². The van der Waals surface area contributed by atoms with E-state index in [0.29, 0.717) is 18.3 Å². The Balaban J connectivity index is 1.53. The summed E-state index contributed by atoms with van der Waals surface area (Å²) in [5, 5.41) is 12.7. The van der Waals surface area contributed by atoms with Gasteiger partial charge in [-0.05, 0) is 26.8 Å². The second-order valence-electron chi connectivity index (χ2n) is 8.21. The van der Waals surface area contributed by atoms with Gasteiger partial charge in [0.1, 0.15) is 0 Å². The summed E-state index contributed by atoms with van der Waals surface area (Å²) in [6.07, 6.45) is 0.973. The summed E-state index contributed by atoms with van der Waals surface area (Å²) in [6.45, 7) is 14.9. The molecule has 1 aromatic heterocycles. The van der Waals surface area contributed by atoms with Crippen LogP contribution in [-0.2, 0) is 4.79 Å². The normalized spacial score (nSPS) is 17.4. The van der Waals surface area contributed by atoms with Crippen molar-refractivity contribution in [2.24, 2.45) is 0 Å². The lowest BCUT2D eigenvalue weighted by Crippen LogP contribution is -2.52. The van der Waals surface area contributed by atoms with Gasteiger partial charge in [0.15, 0.2) is 11.0 Å². The summed E-state index contributed by atoms with van der Waals surface area (Å²) in [4.78, 5) is 17.4. The van der Waals surface area contributed by atoms with Crippen molar-refractivity contribution >= 4 is 17.7 Å². The summed E-state index contributed by atoms with van der Waals surface area (Å²) in [5.41, 5.74) is 1.04. The van der Waals surface area contributed by atoms with Gasteiger partial charge in [-0.1, -0.05) is 55.9 Å². The molecule has 3 rings (SSSR count). The third-order valence-corrected chi connectivity index (χ3v) is 7.08. The van der Waals surface area contributed by atoms with Crippen LogP contribution in [0.5, 0.6) is 0 Å². The molecule has 1 amide bonds. The molecule has 31 heavy (non-hydrogen) atoms. The minimum Gasteiger partial charge on any atom is -0.354 e. The highest BCUT2D eigenvalue weighted by atomic mass is 32.2. The fourth-order valence-corrected chi connectivity index (χ4v) is 4.70. The van der Waals surface area contributed by atoms with Crippen LogP contribution >= 0.6 is 11.8 Å². The van der Waals surface area contributed by atoms with Gasteiger partial charge >= 0.3 is 0 Å². The Bertz CT molecular complexity index is 819. The fourth-order valence-electron chi connectivity index (χ4n) is 3.83. The number of benzene rings is 1. The van der Waals surface area contributed by atoms with E-state index in [4.69, 9.17) is 0 Å². The Hall–Kier alpha value is -1.90. The molecule has 1 aliphatic rings. The lowest BCUT2D eigenvalue weighted by atomic mass is 10.2. The van der Waals surface area contributed by atoms with Crippen molar-refractivity contribution in [2.45, 2.75) is 51.4 Å². The van der Waals surface area contributed by atoms with Crippen molar-refractivity contribution in [1.29, 1.82) is 0 Å². The summed E-state index contributed by atoms with van der Waals surface area (Å²) in [7, 11) is 0. The molecule has 1 fully saturated rings. The van der Waals surface area contributed by atoms with E-state index in [-0.39, 0.29) is 11.9 Å². The van der Waals surface area contributed by atoms with E-state index < -0.39 is 0 Å². The molecule has 7 nitrogen and oxygen atoms in total. The van der Waals surface area contributed by atoms with E-state index in [1.807, 2.05) is 30.3 Å². The first kappa shape index (κ1) is 23.8. The number of thioether (sulfide) groups is 1. The number of rotatable bonds is 10. The smallest absolute Gasteiger partial charge is 0.230 e. The van der Waals surface area contributed by atoms with Crippen molar-refractivity contribution in [3.63, 3.8) is 0 Å². The molecule has 8 heteroatoms. The third kappa shape index (κ3) is 6.30. The van der Waals surface area contributed by atoms with Crippen LogP contribution in [0.1, 0.15) is 40.2 Å². The summed E-state index contributed by atoms with van der Waals surface area (Å²) < 4.78 is 2.16. The zero-order chi connectivity index (χ0) is 22.2. The highest BCUT2D eigenvalue weighted by Crippen LogP contribution is 2.28. The molecule has 0 radical (unpaired) electrons. The molecule has 2 unspecified atom stereocenters. The molecule has 2 atom stereocenters. The van der Waals surface area contributed by atoms with Crippen molar-refractivity contribution in [3.05, 3.63) is 30.3 Å². The van der Waals surface area contributed by atoms with Crippen molar-refractivity contribution in [3.8, 4) is 11.4 Å². The zero-order valence-electron chi connectivity index (χ0n) is 19.3. The van der Waals surface area contributed by atoms with Gasteiger partial charge in [0.05, 0.1) is 5.75 Å². The molecule has 2 heterocycles. The molecule has 1 saturated heterocycles. The Kier molecular flexibility index (Phi) is 8.92. The lowest BCUT2D eigenvalue weighted by Gasteiger charge is -2.37. The van der Waals surface area contributed by atoms with E-state index >= 15 is 0 Å². The molecule has 1 N–H and O–H groups in total. The first-order valence-corrected chi connectivity index (χ1v) is 12.4. The van der Waals surface area contributed by atoms with Crippen LogP contribution in [-0.4, -0.2) is 81.5 Å². The molecule has 0 aliphatic carbocycles. The first-order chi connectivity index (χ1) is 15.0. The number of hydrogen-bond donors (Lipinski definition) is 1. The monoisotopic (exact) mass is 444 g/mol. The number of likely N-dealkylation sites (N-methyl/N-ethyl adjacent to an activating group) is 1. The van der Waals surface area contributed by atoms with Gasteiger partial charge in [-0.25, -0.2) is 0 Å². The van der Waals surface area contributed by atoms with Crippen molar-refractivity contribution in [2.75, 3.05) is 45.0 Å². The van der Waals surface area contributed by atoms with Crippen LogP contribution < -0.4 is 5.32 Å². The molecule has 0 saturated carbocycles. The van der Waals surface area contributed by atoms with Crippen LogP contribution in [0.25, 0.3) is 11.4 Å². The van der Waals surface area contributed by atoms with E-state index in [2.05, 4.69) is 57.6 Å². The summed E-state index contributed by atoms with van der Waals surface area (Å²) >= 11 is 1.46. The number of hydrogen-bond acceptors (Lipinski definition) is 6. The average Bonchev–Trinajstić information content (AvgIpc) is 3.25. The zero-order valence-corrected chi connectivity index (χ0v) is 20.1. The number of nitrogens with zero attached hydrogens (tertiary/aromatic N) is 5. The molecule has 0 bridgehead atoms. The Morgan fingerprint density at radius 1 is 1.06 bits per heavy atom. The predicted molar refractivity (Wildman–Crippen MR) is 127 cm³/mol. The van der Waals surface area contributed by atoms with Crippen LogP contribution in [0.3, 0.4) is 0 Å². The van der Waals surface area contributed by atoms with Crippen molar-refractivity contribution in [1.82, 2.24) is 29.9 Å². The van der Waals surface area contributed by atoms with Crippen LogP contribution in [0.15, 0.2) is 35.5 Å². The van der Waals surface area contributed by atoms with Crippen molar-refractivity contribution < 1.29 is 4.79 Å². The van der Waals surface area contributed by atoms with Gasteiger partial charge in [-0.15, -0.1) is 10.2 Å². The second-order valence-corrected chi connectivity index (χ2v) is 9.15. The van der Waals surface area contributed by atoms with Gasteiger partial charge in [0.25, 0.3) is 0 Å². The van der Waals surface area contributed by atoms with E-state index in [1.165, 1.54) is 11.8 Å². The van der Waals surface area contributed by atoms with Gasteiger partial charge in [0, 0.05) is 50.4 Å². The summed E-state index contributed by atoms with van der Waals surface area (Å²) in [6, 6.07) is 10.7. The molecule has 0 spiro atoms. The number of carbonyl (C=O) groups excluding carboxylic acids is 1. The molecule has 2 aromatic rings. The molecular weight excluding hydrogens is 408 g/mol. The van der Waals surface area contributed by atoms with Crippen LogP contribution in [0, 0.1) is 0 Å². The number of piperazine rings is 1. The molecular formula is C23H36N6OS. The number of nitrogens with one attached hydrogen (secondary N) is 1. The average molecular weight is 445 g/mol. The Morgan fingerprint density at radius 3 is 2.42 bits per heavy atom. The number of carbonyl (C=O) groups is 1. The lowest BCUT2D eigenvalue weighted by molar-refractivity contribution is -0.118. The summed E-state index contributed by atoms with van der Waals surface area (Å²) in [5.74, 6) is 1.25. The molecule has 170 valence electrons. The third-order valence-electron chi connectivity index (χ3n) is 6.13. The largest absolute Gasteiger partial charge is 0.354 e. The Morgan fingerprint density at radius 2 is 1.77 bits per heavy atom. The van der Waals surface area contributed by atoms with Gasteiger partial charge in [0.2, 0.25) is 5.91 Å². The quantitative estimate of drug-likeness (QED) is 0.568. The molecule has 1 aromatic carbocycles. The van der Waals surface area contributed by atoms with Crippen LogP contribution in [0.4, 0.5) is 0 Å². The topological polar surface area (TPSA) is 66.3 Å². The number of aromatic nitrogens is 3. The molecule has 1 aliphatic heterocycles. The second kappa shape index (κ2) is 11.6. The minimum absolute atomic E-state index is 0.0454. The van der Waals surface area contributed by atoms with Crippen LogP contribution in [0.2, 0.25) is 0 Å². The SMILES string of the molecule is CCC(C)n1c(SCC(=O)NCC(C)N2CCN(CC)CC2)nnc1-c1ccccc1. The maximum atomic E-state index is 12.5. The maximum absolute atomic E-state index is 12.5. The fraction of sp³-hybridized carbons (Fsp3) is 0.609. The van der Waals surface area contributed by atoms with E-state index in [1.54, 1.807) is 0 Å². The van der Waals surface area contributed by atoms with Gasteiger partial charge in [-0.3, -0.25) is 14.3 Å². The number of amides is 1. The predicted octanol–water partition coefficient (Wildman–Crippen LogP) is 3.15. The van der Waals surface area contributed by atoms with E-state index in [0.717, 1.165) is 55.7 Å². The highest BCUT2D eigenvalue weighted by Gasteiger charge is 2.21. The van der Waals surface area contributed by atoms with Gasteiger partial charge in [-0.2, -0.15) is 0 Å². The maximum Gasteiger partial charge on any atom is 0.230 e. The Labute approximate surface area is 190 Å². The first-order valence-electron chi connectivity index (χ1n) is 11.4. The standard InChI is InChI=1S/C23H36N6OS/c1-5-18(3)29-22(20-10-8-7-9-11-20)25-26-23(29)31-17-21(30)24-16-19(4)28-14-12-27(6-2)13-15-28/h7-11,18-19H,5-6,12-17H2,1-4H3,(H,24,30).